The highest BCUT2D eigenvalue weighted by molar-refractivity contribution is 7.98. The van der Waals surface area contributed by atoms with Gasteiger partial charge >= 0.3 is 0 Å². The highest BCUT2D eigenvalue weighted by Crippen LogP contribution is 2.30. The standard InChI is InChI=1S/C12H18N4O2S/c1-7(10-13-8(2)16-18-10)19-6-9-14-15-11(17-9)12(3,4)5/h7H,6H2,1-5H3/t7-/m0/s1. The van der Waals surface area contributed by atoms with E-state index in [1.807, 2.05) is 27.7 Å². The van der Waals surface area contributed by atoms with Gasteiger partial charge in [-0.25, -0.2) is 0 Å². The summed E-state index contributed by atoms with van der Waals surface area (Å²) < 4.78 is 10.8. The predicted molar refractivity (Wildman–Crippen MR) is 71.7 cm³/mol. The number of aromatic nitrogens is 4. The van der Waals surface area contributed by atoms with Gasteiger partial charge in [0.25, 0.3) is 0 Å². The van der Waals surface area contributed by atoms with Crippen molar-refractivity contribution in [2.45, 2.75) is 51.0 Å². The van der Waals surface area contributed by atoms with Crippen molar-refractivity contribution in [2.24, 2.45) is 0 Å². The molecule has 0 fully saturated rings. The second-order valence-electron chi connectivity index (χ2n) is 5.38. The predicted octanol–water partition coefficient (Wildman–Crippen LogP) is 3.05. The average Bonchev–Trinajstić information content (AvgIpc) is 2.93. The largest absolute Gasteiger partial charge is 0.424 e. The Balaban J connectivity index is 1.94. The van der Waals surface area contributed by atoms with Crippen molar-refractivity contribution >= 4 is 11.8 Å². The summed E-state index contributed by atoms with van der Waals surface area (Å²) in [5, 5.41) is 12.0. The molecule has 0 aromatic carbocycles. The minimum absolute atomic E-state index is 0.103. The zero-order valence-corrected chi connectivity index (χ0v) is 12.6. The third kappa shape index (κ3) is 3.56. The van der Waals surface area contributed by atoms with Gasteiger partial charge in [0.1, 0.15) is 0 Å². The minimum Gasteiger partial charge on any atom is -0.424 e. The Morgan fingerprint density at radius 1 is 1.26 bits per heavy atom. The molecule has 0 saturated carbocycles. The summed E-state index contributed by atoms with van der Waals surface area (Å²) in [7, 11) is 0. The lowest BCUT2D eigenvalue weighted by molar-refractivity contribution is 0.374. The van der Waals surface area contributed by atoms with E-state index in [-0.39, 0.29) is 10.7 Å². The summed E-state index contributed by atoms with van der Waals surface area (Å²) in [4.78, 5) is 4.20. The Hall–Kier alpha value is -1.37. The van der Waals surface area contributed by atoms with Gasteiger partial charge in [-0.3, -0.25) is 0 Å². The van der Waals surface area contributed by atoms with Gasteiger partial charge < -0.3 is 8.94 Å². The molecule has 1 atom stereocenters. The zero-order chi connectivity index (χ0) is 14.0. The summed E-state index contributed by atoms with van der Waals surface area (Å²) >= 11 is 1.63. The van der Waals surface area contributed by atoms with Crippen LogP contribution in [0.3, 0.4) is 0 Å². The molecule has 2 rings (SSSR count). The molecular weight excluding hydrogens is 264 g/mol. The van der Waals surface area contributed by atoms with E-state index >= 15 is 0 Å². The first kappa shape index (κ1) is 14.0. The van der Waals surface area contributed by atoms with Crippen LogP contribution in [0.4, 0.5) is 0 Å². The van der Waals surface area contributed by atoms with Gasteiger partial charge in [-0.05, 0) is 13.8 Å². The Morgan fingerprint density at radius 2 is 2.00 bits per heavy atom. The van der Waals surface area contributed by atoms with Crippen LogP contribution in [-0.4, -0.2) is 20.3 Å². The summed E-state index contributed by atoms with van der Waals surface area (Å²) in [5.74, 6) is 3.18. The molecule has 104 valence electrons. The van der Waals surface area contributed by atoms with Crippen molar-refractivity contribution in [3.05, 3.63) is 23.5 Å². The minimum atomic E-state index is -0.120. The van der Waals surface area contributed by atoms with Gasteiger partial charge in [-0.2, -0.15) is 4.98 Å². The zero-order valence-electron chi connectivity index (χ0n) is 11.8. The topological polar surface area (TPSA) is 77.8 Å². The molecule has 19 heavy (non-hydrogen) atoms. The van der Waals surface area contributed by atoms with Gasteiger partial charge in [0.05, 0.1) is 11.0 Å². The first-order valence-corrected chi connectivity index (χ1v) is 7.16. The fourth-order valence-corrected chi connectivity index (χ4v) is 2.11. The van der Waals surface area contributed by atoms with Crippen molar-refractivity contribution in [1.29, 1.82) is 0 Å². The number of rotatable bonds is 4. The summed E-state index contributed by atoms with van der Waals surface area (Å²) in [6, 6.07) is 0. The SMILES string of the molecule is Cc1noc([C@H](C)SCc2nnc(C(C)(C)C)o2)n1. The lowest BCUT2D eigenvalue weighted by Gasteiger charge is -2.11. The van der Waals surface area contributed by atoms with Crippen molar-refractivity contribution < 1.29 is 8.94 Å². The molecule has 0 amide bonds. The lowest BCUT2D eigenvalue weighted by atomic mass is 9.97. The van der Waals surface area contributed by atoms with Gasteiger partial charge in [0, 0.05) is 5.41 Å². The molecule has 2 aromatic rings. The van der Waals surface area contributed by atoms with Crippen LogP contribution in [0.5, 0.6) is 0 Å². The normalized spacial score (nSPS) is 13.7. The Labute approximate surface area is 116 Å². The number of aryl methyl sites for hydroxylation is 1. The summed E-state index contributed by atoms with van der Waals surface area (Å²) in [6.45, 7) is 9.94. The number of hydrogen-bond acceptors (Lipinski definition) is 7. The van der Waals surface area contributed by atoms with Crippen molar-refractivity contribution in [1.82, 2.24) is 20.3 Å². The molecule has 7 heteroatoms. The van der Waals surface area contributed by atoms with Gasteiger partial charge in [0.2, 0.25) is 17.7 Å². The van der Waals surface area contributed by atoms with Crippen LogP contribution in [0.2, 0.25) is 0 Å². The van der Waals surface area contributed by atoms with Crippen molar-refractivity contribution in [3.8, 4) is 0 Å². The second kappa shape index (κ2) is 5.32. The molecular formula is C12H18N4O2S. The van der Waals surface area contributed by atoms with Crippen molar-refractivity contribution in [2.75, 3.05) is 0 Å². The third-order valence-corrected chi connectivity index (χ3v) is 3.57. The van der Waals surface area contributed by atoms with Crippen LogP contribution in [0.1, 0.15) is 56.4 Å². The Morgan fingerprint density at radius 3 is 2.53 bits per heavy atom. The van der Waals surface area contributed by atoms with Gasteiger partial charge in [-0.15, -0.1) is 22.0 Å². The van der Waals surface area contributed by atoms with Crippen LogP contribution < -0.4 is 0 Å². The average molecular weight is 282 g/mol. The fourth-order valence-electron chi connectivity index (χ4n) is 1.36. The van der Waals surface area contributed by atoms with Crippen LogP contribution in [0.15, 0.2) is 8.94 Å². The highest BCUT2D eigenvalue weighted by Gasteiger charge is 2.22. The van der Waals surface area contributed by atoms with E-state index in [2.05, 4.69) is 20.3 Å². The first-order valence-electron chi connectivity index (χ1n) is 6.11. The Kier molecular flexibility index (Phi) is 3.93. The maximum atomic E-state index is 5.63. The van der Waals surface area contributed by atoms with E-state index < -0.39 is 0 Å². The number of thioether (sulfide) groups is 1. The molecule has 0 N–H and O–H groups in total. The van der Waals surface area contributed by atoms with E-state index in [9.17, 15) is 0 Å². The van der Waals surface area contributed by atoms with E-state index in [0.29, 0.717) is 29.2 Å². The maximum absolute atomic E-state index is 5.63. The maximum Gasteiger partial charge on any atom is 0.239 e. The van der Waals surface area contributed by atoms with Crippen LogP contribution in [-0.2, 0) is 11.2 Å². The van der Waals surface area contributed by atoms with E-state index in [1.54, 1.807) is 18.7 Å². The molecule has 2 heterocycles. The lowest BCUT2D eigenvalue weighted by Crippen LogP contribution is -2.11. The third-order valence-electron chi connectivity index (χ3n) is 2.46. The molecule has 0 spiro atoms. The molecule has 0 radical (unpaired) electrons. The number of nitrogens with zero attached hydrogens (tertiary/aromatic N) is 4. The van der Waals surface area contributed by atoms with E-state index in [1.165, 1.54) is 0 Å². The molecule has 6 nitrogen and oxygen atoms in total. The van der Waals surface area contributed by atoms with Gasteiger partial charge in [-0.1, -0.05) is 25.9 Å². The number of hydrogen-bond donors (Lipinski definition) is 0. The van der Waals surface area contributed by atoms with E-state index in [0.717, 1.165) is 0 Å². The monoisotopic (exact) mass is 282 g/mol. The first-order chi connectivity index (χ1) is 8.86. The summed E-state index contributed by atoms with van der Waals surface area (Å²) in [6.07, 6.45) is 0. The molecule has 2 aromatic heterocycles. The molecule has 0 unspecified atom stereocenters. The fraction of sp³-hybridized carbons (Fsp3) is 0.667. The van der Waals surface area contributed by atoms with Crippen LogP contribution in [0, 0.1) is 6.92 Å². The molecule has 0 aliphatic rings. The Bertz CT molecular complexity index is 544. The summed E-state index contributed by atoms with van der Waals surface area (Å²) in [5.41, 5.74) is -0.120. The highest BCUT2D eigenvalue weighted by atomic mass is 32.2. The van der Waals surface area contributed by atoms with Crippen molar-refractivity contribution in [3.63, 3.8) is 0 Å². The van der Waals surface area contributed by atoms with Crippen LogP contribution >= 0.6 is 11.8 Å². The molecule has 0 aliphatic heterocycles. The smallest absolute Gasteiger partial charge is 0.239 e. The second-order valence-corrected chi connectivity index (χ2v) is 6.71. The molecule has 0 aliphatic carbocycles. The van der Waals surface area contributed by atoms with E-state index in [4.69, 9.17) is 8.94 Å². The van der Waals surface area contributed by atoms with Gasteiger partial charge in [0.15, 0.2) is 5.82 Å². The molecule has 0 saturated heterocycles. The van der Waals surface area contributed by atoms with Crippen LogP contribution in [0.25, 0.3) is 0 Å². The quantitative estimate of drug-likeness (QED) is 0.852. The molecule has 0 bridgehead atoms.